The Balaban J connectivity index is 1.31. The molecule has 20 heteroatoms. The van der Waals surface area contributed by atoms with Crippen LogP contribution < -0.4 is 21.2 Å². The first kappa shape index (κ1) is 38.0. The minimum Gasteiger partial charge on any atom is -0.507 e. The summed E-state index contributed by atoms with van der Waals surface area (Å²) in [5, 5.41) is 108. The first-order valence-electron chi connectivity index (χ1n) is 16.8. The van der Waals surface area contributed by atoms with E-state index >= 15 is 0 Å². The van der Waals surface area contributed by atoms with Crippen LogP contribution in [0.25, 0.3) is 22.3 Å². The molecule has 0 saturated carbocycles. The fourth-order valence-electron chi connectivity index (χ4n) is 7.11. The molecule has 12 unspecified atom stereocenters. The van der Waals surface area contributed by atoms with Crippen LogP contribution in [0, 0.1) is 0 Å². The lowest BCUT2D eigenvalue weighted by molar-refractivity contribution is -0.338. The Hall–Kier alpha value is -5.29. The lowest BCUT2D eigenvalue weighted by Crippen LogP contribution is -2.68. The predicted octanol–water partition coefficient (Wildman–Crippen LogP) is -2.23. The molecule has 294 valence electrons. The molecule has 2 fully saturated rings. The van der Waals surface area contributed by atoms with Crippen molar-refractivity contribution >= 4 is 22.9 Å². The molecular formula is C35H36N2O18. The van der Waals surface area contributed by atoms with E-state index < -0.39 is 108 Å². The number of nitrogens with one attached hydrogen (secondary N) is 1. The molecule has 4 aliphatic heterocycles. The summed E-state index contributed by atoms with van der Waals surface area (Å²) in [5.74, 6) is -8.61. The molecule has 0 aliphatic carbocycles. The van der Waals surface area contributed by atoms with Crippen LogP contribution in [0.1, 0.15) is 24.3 Å². The van der Waals surface area contributed by atoms with E-state index in [1.54, 1.807) is 18.4 Å². The van der Waals surface area contributed by atoms with E-state index in [2.05, 4.69) is 5.32 Å². The number of dihydropyridines is 1. The fraction of sp³-hybridized carbons (Fsp3) is 0.400. The molecular weight excluding hydrogens is 736 g/mol. The Morgan fingerprint density at radius 3 is 2.31 bits per heavy atom. The Morgan fingerprint density at radius 2 is 1.64 bits per heavy atom. The number of carbonyl (C=O) groups is 2. The molecule has 12 atom stereocenters. The molecule has 2 saturated heterocycles. The number of aliphatic hydroxyl groups is 6. The molecule has 0 bridgehead atoms. The van der Waals surface area contributed by atoms with Crippen LogP contribution in [0.2, 0.25) is 0 Å². The number of hydrogen-bond donors (Lipinski definition) is 12. The standard InChI is InChI=1S/C35H36N2O18/c36-20-4-2-12(10-37-20)13-5-6-35(31(47)27(45)26(44)30(55-35)33(50)53-34-28(46)24(42)25(43)29(52-34)32(48)49)54-19-9-18-22(23(41)21(13)19)16(40)8-17(51-18)11-1-3-14(38)15(39)7-11/h1-4,7-10,13,20,24-31,34,37-39,41-47H,5-6,36H2,(H,48,49). The van der Waals surface area contributed by atoms with Crippen molar-refractivity contribution in [1.82, 2.24) is 5.32 Å². The van der Waals surface area contributed by atoms with E-state index in [1.165, 1.54) is 12.1 Å². The van der Waals surface area contributed by atoms with Crippen LogP contribution in [0.3, 0.4) is 0 Å². The highest BCUT2D eigenvalue weighted by Crippen LogP contribution is 2.51. The highest BCUT2D eigenvalue weighted by atomic mass is 16.8. The summed E-state index contributed by atoms with van der Waals surface area (Å²) in [6.45, 7) is 0. The number of carbonyl (C=O) groups excluding carboxylic acids is 1. The third-order valence-corrected chi connectivity index (χ3v) is 10.0. The third-order valence-electron chi connectivity index (χ3n) is 10.0. The number of allylic oxidation sites excluding steroid dienone is 2. The Kier molecular flexibility index (Phi) is 9.74. The van der Waals surface area contributed by atoms with Crippen molar-refractivity contribution in [3.63, 3.8) is 0 Å². The number of fused-ring (bicyclic) bond motifs is 2. The molecule has 20 nitrogen and oxygen atoms in total. The van der Waals surface area contributed by atoms with E-state index in [-0.39, 0.29) is 46.4 Å². The van der Waals surface area contributed by atoms with Crippen molar-refractivity contribution in [1.29, 1.82) is 0 Å². The van der Waals surface area contributed by atoms with Gasteiger partial charge < -0.3 is 85.5 Å². The number of ether oxygens (including phenoxy) is 4. The van der Waals surface area contributed by atoms with Crippen LogP contribution in [0.4, 0.5) is 0 Å². The first-order valence-corrected chi connectivity index (χ1v) is 16.8. The number of hydrogen-bond acceptors (Lipinski definition) is 19. The van der Waals surface area contributed by atoms with Crippen LogP contribution in [-0.4, -0.2) is 130 Å². The lowest BCUT2D eigenvalue weighted by Gasteiger charge is -2.47. The van der Waals surface area contributed by atoms with Gasteiger partial charge in [-0.25, -0.2) is 9.59 Å². The topological polar surface area (TPSA) is 342 Å². The van der Waals surface area contributed by atoms with Crippen molar-refractivity contribution < 1.29 is 84.0 Å². The van der Waals surface area contributed by atoms with Gasteiger partial charge in [-0.1, -0.05) is 6.08 Å². The number of phenolic OH excluding ortho intramolecular Hbond substituents is 3. The molecule has 1 spiro atoms. The van der Waals surface area contributed by atoms with Gasteiger partial charge in [0, 0.05) is 41.8 Å². The molecule has 2 aromatic carbocycles. The van der Waals surface area contributed by atoms with Crippen molar-refractivity contribution in [3.8, 4) is 34.3 Å². The zero-order valence-electron chi connectivity index (χ0n) is 28.2. The lowest BCUT2D eigenvalue weighted by atomic mass is 9.82. The van der Waals surface area contributed by atoms with Crippen molar-refractivity contribution in [3.05, 3.63) is 70.0 Å². The molecule has 55 heavy (non-hydrogen) atoms. The quantitative estimate of drug-likeness (QED) is 0.0964. The third kappa shape index (κ3) is 6.52. The van der Waals surface area contributed by atoms with Crippen molar-refractivity contribution in [2.45, 2.75) is 85.8 Å². The number of rotatable bonds is 5. The van der Waals surface area contributed by atoms with Crippen molar-refractivity contribution in [2.24, 2.45) is 5.73 Å². The normalized spacial score (nSPS) is 34.5. The molecule has 4 aliphatic rings. The minimum absolute atomic E-state index is 0.0126. The van der Waals surface area contributed by atoms with E-state index in [1.807, 2.05) is 0 Å². The van der Waals surface area contributed by atoms with Gasteiger partial charge in [-0.3, -0.25) is 4.79 Å². The molecule has 0 amide bonds. The number of carboxylic acid groups (broad SMARTS) is 1. The van der Waals surface area contributed by atoms with Crippen LogP contribution in [0.15, 0.2) is 63.5 Å². The Bertz CT molecular complexity index is 2150. The summed E-state index contributed by atoms with van der Waals surface area (Å²) in [6, 6.07) is 5.88. The van der Waals surface area contributed by atoms with E-state index in [9.17, 15) is 65.4 Å². The van der Waals surface area contributed by atoms with Gasteiger partial charge in [-0.2, -0.15) is 0 Å². The number of phenols is 3. The molecule has 7 rings (SSSR count). The monoisotopic (exact) mass is 772 g/mol. The maximum absolute atomic E-state index is 13.6. The number of benzene rings is 2. The van der Waals surface area contributed by atoms with E-state index in [0.717, 1.165) is 18.2 Å². The zero-order chi connectivity index (χ0) is 39.7. The number of aliphatic carboxylic acids is 1. The summed E-state index contributed by atoms with van der Waals surface area (Å²) in [6.07, 6.45) is -15.9. The molecule has 0 radical (unpaired) electrons. The Morgan fingerprint density at radius 1 is 0.909 bits per heavy atom. The fourth-order valence-corrected chi connectivity index (χ4v) is 7.11. The second-order valence-electron chi connectivity index (χ2n) is 13.5. The molecule has 3 aromatic rings. The average molecular weight is 773 g/mol. The number of carboxylic acids is 1. The maximum atomic E-state index is 13.6. The second kappa shape index (κ2) is 14.1. The number of aromatic hydroxyl groups is 3. The first-order chi connectivity index (χ1) is 26.0. The maximum Gasteiger partial charge on any atom is 0.340 e. The van der Waals surface area contributed by atoms with Crippen LogP contribution in [-0.2, 0) is 23.8 Å². The summed E-state index contributed by atoms with van der Waals surface area (Å²) < 4.78 is 28.2. The minimum atomic E-state index is -2.44. The summed E-state index contributed by atoms with van der Waals surface area (Å²) in [7, 11) is 0. The molecule has 5 heterocycles. The van der Waals surface area contributed by atoms with Gasteiger partial charge in [0.15, 0.2) is 29.1 Å². The SMILES string of the molecule is NC1C=CC(C2CCC3(Oc4cc5oc(-c6ccc(O)c(O)c6)cc(=O)c5c(O)c42)OC(C(=O)OC2OC(C(=O)O)C(O)C(O)C2O)C(O)C(O)C3O)=CN1. The Labute approximate surface area is 308 Å². The van der Waals surface area contributed by atoms with E-state index in [0.29, 0.717) is 5.57 Å². The molecule has 13 N–H and O–H groups in total. The molecule has 1 aromatic heterocycles. The van der Waals surface area contributed by atoms with Gasteiger partial charge in [-0.15, -0.1) is 0 Å². The van der Waals surface area contributed by atoms with Crippen molar-refractivity contribution in [2.75, 3.05) is 0 Å². The number of aliphatic hydroxyl groups excluding tert-OH is 6. The van der Waals surface area contributed by atoms with Gasteiger partial charge in [-0.05, 0) is 36.3 Å². The highest BCUT2D eigenvalue weighted by Gasteiger charge is 2.60. The van der Waals surface area contributed by atoms with Gasteiger partial charge in [0.2, 0.25) is 12.1 Å². The summed E-state index contributed by atoms with van der Waals surface area (Å²) >= 11 is 0. The van der Waals surface area contributed by atoms with Gasteiger partial charge in [0.1, 0.15) is 64.9 Å². The number of esters is 1. The second-order valence-corrected chi connectivity index (χ2v) is 13.5. The summed E-state index contributed by atoms with van der Waals surface area (Å²) in [4.78, 5) is 38.7. The predicted molar refractivity (Wildman–Crippen MR) is 180 cm³/mol. The highest BCUT2D eigenvalue weighted by molar-refractivity contribution is 5.89. The van der Waals surface area contributed by atoms with Crippen LogP contribution in [0.5, 0.6) is 23.0 Å². The van der Waals surface area contributed by atoms with Gasteiger partial charge >= 0.3 is 11.9 Å². The largest absolute Gasteiger partial charge is 0.507 e. The average Bonchev–Trinajstić information content (AvgIpc) is 3.31. The van der Waals surface area contributed by atoms with Gasteiger partial charge in [0.05, 0.1) is 6.17 Å². The number of nitrogens with two attached hydrogens (primary N) is 1. The van der Waals surface area contributed by atoms with Gasteiger partial charge in [0.25, 0.3) is 0 Å². The zero-order valence-corrected chi connectivity index (χ0v) is 28.2. The van der Waals surface area contributed by atoms with Crippen LogP contribution >= 0.6 is 0 Å². The summed E-state index contributed by atoms with van der Waals surface area (Å²) in [5.41, 5.74) is 5.60. The smallest absolute Gasteiger partial charge is 0.340 e. The van der Waals surface area contributed by atoms with E-state index in [4.69, 9.17) is 29.1 Å².